The Labute approximate surface area is 158 Å². The lowest BCUT2D eigenvalue weighted by Gasteiger charge is -2.30. The van der Waals surface area contributed by atoms with Gasteiger partial charge < -0.3 is 14.7 Å². The smallest absolute Gasteiger partial charge is 0.341 e. The summed E-state index contributed by atoms with van der Waals surface area (Å²) in [6.45, 7) is 3.83. The Kier molecular flexibility index (Phi) is 6.27. The summed E-state index contributed by atoms with van der Waals surface area (Å²) in [6.07, 6.45) is 0. The van der Waals surface area contributed by atoms with E-state index < -0.39 is 11.4 Å². The molecule has 0 heterocycles. The molecule has 0 fully saturated rings. The molecule has 0 atom stereocenters. The fourth-order valence-electron chi connectivity index (χ4n) is 2.65. The summed E-state index contributed by atoms with van der Waals surface area (Å²) < 4.78 is 5.11. The molecule has 2 aromatic rings. The third kappa shape index (κ3) is 4.99. The summed E-state index contributed by atoms with van der Waals surface area (Å²) in [7, 11) is 1.76. The molecule has 2 aromatic carbocycles. The van der Waals surface area contributed by atoms with Crippen LogP contribution in [0.5, 0.6) is 5.75 Å². The lowest BCUT2D eigenvalue weighted by molar-refractivity contribution is -0.139. The van der Waals surface area contributed by atoms with Crippen LogP contribution in [-0.4, -0.2) is 35.5 Å². The fraction of sp³-hybridized carbons (Fsp3) is 0.300. The Bertz CT molecular complexity index is 769. The normalized spacial score (nSPS) is 11.1. The minimum absolute atomic E-state index is 0.00831. The highest BCUT2D eigenvalue weighted by Gasteiger charge is 2.32. The summed E-state index contributed by atoms with van der Waals surface area (Å²) in [5, 5.41) is 9.25. The van der Waals surface area contributed by atoms with Crippen molar-refractivity contribution < 1.29 is 19.4 Å². The molecule has 1 N–H and O–H groups in total. The molecule has 0 aliphatic heterocycles. The monoisotopic (exact) mass is 375 g/mol. The van der Waals surface area contributed by atoms with Crippen LogP contribution in [0.1, 0.15) is 25.0 Å². The van der Waals surface area contributed by atoms with Gasteiger partial charge in [0.1, 0.15) is 5.75 Å². The second-order valence-corrected chi connectivity index (χ2v) is 7.06. The van der Waals surface area contributed by atoms with Gasteiger partial charge in [0.2, 0.25) is 5.91 Å². The van der Waals surface area contributed by atoms with Gasteiger partial charge in [-0.25, -0.2) is 4.79 Å². The molecular formula is C20H22ClNO4. The van der Waals surface area contributed by atoms with Gasteiger partial charge >= 0.3 is 5.97 Å². The molecule has 0 aromatic heterocycles. The Balaban J connectivity index is 2.03. The van der Waals surface area contributed by atoms with Crippen molar-refractivity contribution in [1.82, 2.24) is 4.90 Å². The summed E-state index contributed by atoms with van der Waals surface area (Å²) in [6, 6.07) is 14.3. The van der Waals surface area contributed by atoms with Crippen LogP contribution in [-0.2, 0) is 21.5 Å². The van der Waals surface area contributed by atoms with E-state index in [0.29, 0.717) is 17.3 Å². The van der Waals surface area contributed by atoms with Gasteiger partial charge in [-0.05, 0) is 49.2 Å². The van der Waals surface area contributed by atoms with E-state index in [1.165, 1.54) is 0 Å². The van der Waals surface area contributed by atoms with Crippen LogP contribution in [0.25, 0.3) is 0 Å². The number of carbonyl (C=O) groups is 2. The first-order chi connectivity index (χ1) is 12.2. The second kappa shape index (κ2) is 8.23. The molecule has 0 unspecified atom stereocenters. The van der Waals surface area contributed by atoms with Crippen LogP contribution in [0.4, 0.5) is 0 Å². The number of nitrogens with zero attached hydrogens (tertiary/aromatic N) is 1. The lowest BCUT2D eigenvalue weighted by Crippen LogP contribution is -2.40. The summed E-state index contributed by atoms with van der Waals surface area (Å²) >= 11 is 5.93. The van der Waals surface area contributed by atoms with E-state index in [-0.39, 0.29) is 12.5 Å². The van der Waals surface area contributed by atoms with Crippen molar-refractivity contribution in [1.29, 1.82) is 0 Å². The first kappa shape index (κ1) is 19.8. The van der Waals surface area contributed by atoms with Crippen LogP contribution in [0, 0.1) is 0 Å². The molecule has 0 aliphatic carbocycles. The minimum atomic E-state index is -1.02. The van der Waals surface area contributed by atoms with Gasteiger partial charge in [-0.1, -0.05) is 35.9 Å². The fourth-order valence-corrected chi connectivity index (χ4v) is 2.77. The SMILES string of the molecule is CN(Cc1ccc(OCC(=O)O)cc1)C(=O)C(C)(C)c1ccc(Cl)cc1. The number of carboxylic acids is 1. The Morgan fingerprint density at radius 3 is 2.19 bits per heavy atom. The zero-order valence-electron chi connectivity index (χ0n) is 15.0. The van der Waals surface area contributed by atoms with E-state index in [4.69, 9.17) is 21.4 Å². The zero-order valence-corrected chi connectivity index (χ0v) is 15.8. The van der Waals surface area contributed by atoms with Gasteiger partial charge in [0, 0.05) is 18.6 Å². The number of hydrogen-bond donors (Lipinski definition) is 1. The van der Waals surface area contributed by atoms with Crippen molar-refractivity contribution in [3.05, 3.63) is 64.7 Å². The second-order valence-electron chi connectivity index (χ2n) is 6.62. The average molecular weight is 376 g/mol. The first-order valence-corrected chi connectivity index (χ1v) is 8.53. The molecule has 26 heavy (non-hydrogen) atoms. The van der Waals surface area contributed by atoms with Gasteiger partial charge in [-0.3, -0.25) is 4.79 Å². The maximum atomic E-state index is 12.9. The topological polar surface area (TPSA) is 66.8 Å². The Morgan fingerprint density at radius 2 is 1.65 bits per heavy atom. The molecule has 0 spiro atoms. The van der Waals surface area contributed by atoms with Crippen molar-refractivity contribution in [3.63, 3.8) is 0 Å². The van der Waals surface area contributed by atoms with E-state index in [2.05, 4.69) is 0 Å². The number of amides is 1. The minimum Gasteiger partial charge on any atom is -0.482 e. The highest BCUT2D eigenvalue weighted by atomic mass is 35.5. The standard InChI is InChI=1S/C20H22ClNO4/c1-20(2,15-6-8-16(21)9-7-15)19(25)22(3)12-14-4-10-17(11-5-14)26-13-18(23)24/h4-11H,12-13H2,1-3H3,(H,23,24). The third-order valence-corrected chi connectivity index (χ3v) is 4.40. The molecule has 138 valence electrons. The molecular weight excluding hydrogens is 354 g/mol. The molecule has 0 saturated heterocycles. The van der Waals surface area contributed by atoms with E-state index >= 15 is 0 Å². The lowest BCUT2D eigenvalue weighted by atomic mass is 9.83. The van der Waals surface area contributed by atoms with Crippen molar-refractivity contribution in [2.45, 2.75) is 25.8 Å². The predicted molar refractivity (Wildman–Crippen MR) is 101 cm³/mol. The molecule has 0 saturated carbocycles. The number of halogens is 1. The van der Waals surface area contributed by atoms with Gasteiger partial charge in [-0.15, -0.1) is 0 Å². The van der Waals surface area contributed by atoms with Crippen molar-refractivity contribution in [3.8, 4) is 5.75 Å². The predicted octanol–water partition coefficient (Wildman–Crippen LogP) is 3.74. The van der Waals surface area contributed by atoms with E-state index in [1.54, 1.807) is 36.2 Å². The molecule has 6 heteroatoms. The molecule has 5 nitrogen and oxygen atoms in total. The number of benzene rings is 2. The van der Waals surface area contributed by atoms with Crippen molar-refractivity contribution >= 4 is 23.5 Å². The molecule has 1 amide bonds. The number of carbonyl (C=O) groups excluding carboxylic acids is 1. The van der Waals surface area contributed by atoms with Gasteiger partial charge in [0.05, 0.1) is 5.41 Å². The van der Waals surface area contributed by atoms with Gasteiger partial charge in [0.15, 0.2) is 6.61 Å². The van der Waals surface area contributed by atoms with E-state index in [9.17, 15) is 9.59 Å². The summed E-state index contributed by atoms with van der Waals surface area (Å²) in [5.41, 5.74) is 1.15. The summed E-state index contributed by atoms with van der Waals surface area (Å²) in [5.74, 6) is -0.554. The highest BCUT2D eigenvalue weighted by Crippen LogP contribution is 2.27. The number of aliphatic carboxylic acids is 1. The summed E-state index contributed by atoms with van der Waals surface area (Å²) in [4.78, 5) is 25.1. The van der Waals surface area contributed by atoms with E-state index in [1.807, 2.05) is 38.1 Å². The van der Waals surface area contributed by atoms with E-state index in [0.717, 1.165) is 11.1 Å². The molecule has 0 bridgehead atoms. The van der Waals surface area contributed by atoms with Crippen LogP contribution in [0.3, 0.4) is 0 Å². The first-order valence-electron chi connectivity index (χ1n) is 8.15. The third-order valence-electron chi connectivity index (χ3n) is 4.15. The number of ether oxygens (including phenoxy) is 1. The number of likely N-dealkylation sites (N-methyl/N-ethyl adjacent to an activating group) is 1. The maximum Gasteiger partial charge on any atom is 0.341 e. The Hall–Kier alpha value is -2.53. The zero-order chi connectivity index (χ0) is 19.3. The number of carboxylic acid groups (broad SMARTS) is 1. The highest BCUT2D eigenvalue weighted by molar-refractivity contribution is 6.30. The average Bonchev–Trinajstić information content (AvgIpc) is 2.60. The number of rotatable bonds is 7. The van der Waals surface area contributed by atoms with Gasteiger partial charge in [-0.2, -0.15) is 0 Å². The molecule has 2 rings (SSSR count). The Morgan fingerprint density at radius 1 is 1.08 bits per heavy atom. The maximum absolute atomic E-state index is 12.9. The van der Waals surface area contributed by atoms with Crippen molar-refractivity contribution in [2.24, 2.45) is 0 Å². The number of hydrogen-bond acceptors (Lipinski definition) is 3. The van der Waals surface area contributed by atoms with Crippen LogP contribution in [0.15, 0.2) is 48.5 Å². The largest absolute Gasteiger partial charge is 0.482 e. The molecule has 0 radical (unpaired) electrons. The molecule has 0 aliphatic rings. The van der Waals surface area contributed by atoms with Crippen LogP contribution in [0.2, 0.25) is 5.02 Å². The van der Waals surface area contributed by atoms with Crippen molar-refractivity contribution in [2.75, 3.05) is 13.7 Å². The van der Waals surface area contributed by atoms with Gasteiger partial charge in [0.25, 0.3) is 0 Å². The van der Waals surface area contributed by atoms with Crippen LogP contribution < -0.4 is 4.74 Å². The quantitative estimate of drug-likeness (QED) is 0.800. The van der Waals surface area contributed by atoms with Crippen LogP contribution >= 0.6 is 11.6 Å².